The van der Waals surface area contributed by atoms with Gasteiger partial charge in [0.05, 0.1) is 11.3 Å². The van der Waals surface area contributed by atoms with E-state index in [0.717, 1.165) is 50.4 Å². The minimum atomic E-state index is -0.208. The Morgan fingerprint density at radius 3 is 2.40 bits per heavy atom. The Morgan fingerprint density at radius 1 is 1.00 bits per heavy atom. The van der Waals surface area contributed by atoms with Gasteiger partial charge in [-0.15, -0.1) is 0 Å². The van der Waals surface area contributed by atoms with Crippen LogP contribution in [0.5, 0.6) is 0 Å². The molecule has 8 heteroatoms. The van der Waals surface area contributed by atoms with Gasteiger partial charge in [0.25, 0.3) is 5.91 Å². The largest absolute Gasteiger partial charge is 0.411 e. The van der Waals surface area contributed by atoms with E-state index < -0.39 is 0 Å². The molecule has 30 heavy (non-hydrogen) atoms. The number of fused-ring (bicyclic) bond motifs is 1. The normalized spacial score (nSPS) is 19.3. The highest BCUT2D eigenvalue weighted by atomic mass is 19.1. The fourth-order valence-electron chi connectivity index (χ4n) is 4.32. The highest BCUT2D eigenvalue weighted by Crippen LogP contribution is 2.21. The average Bonchev–Trinajstić information content (AvgIpc) is 3.10. The number of halogens is 1. The fraction of sp³-hybridized carbons (Fsp3) is 0.455. The van der Waals surface area contributed by atoms with Crippen molar-refractivity contribution < 1.29 is 14.4 Å². The maximum Gasteiger partial charge on any atom is 0.256 e. The summed E-state index contributed by atoms with van der Waals surface area (Å²) >= 11 is 0. The summed E-state index contributed by atoms with van der Waals surface area (Å²) < 4.78 is 14.9. The van der Waals surface area contributed by atoms with Crippen molar-refractivity contribution >= 4 is 17.3 Å². The third-order valence-corrected chi connectivity index (χ3v) is 5.99. The van der Waals surface area contributed by atoms with E-state index in [0.29, 0.717) is 30.8 Å². The molecule has 0 unspecified atom stereocenters. The molecule has 1 aromatic heterocycles. The second-order valence-corrected chi connectivity index (χ2v) is 8.00. The minimum absolute atomic E-state index is 0.00498. The molecule has 7 nitrogen and oxygen atoms in total. The van der Waals surface area contributed by atoms with E-state index in [1.807, 2.05) is 34.8 Å². The van der Waals surface area contributed by atoms with Crippen molar-refractivity contribution in [3.8, 4) is 0 Å². The molecule has 1 N–H and O–H groups in total. The Balaban J connectivity index is 1.28. The first-order valence-electron chi connectivity index (χ1n) is 10.4. The summed E-state index contributed by atoms with van der Waals surface area (Å²) in [5.41, 5.74) is 2.96. The van der Waals surface area contributed by atoms with Gasteiger partial charge in [-0.3, -0.25) is 9.69 Å². The Labute approximate surface area is 176 Å². The molecule has 0 radical (unpaired) electrons. The molecule has 4 rings (SSSR count). The van der Waals surface area contributed by atoms with Gasteiger partial charge in [-0.25, -0.2) is 4.39 Å². The topological polar surface area (TPSA) is 64.3 Å². The number of piperazine rings is 1. The van der Waals surface area contributed by atoms with Crippen LogP contribution in [0.1, 0.15) is 28.8 Å². The van der Waals surface area contributed by atoms with E-state index in [4.69, 9.17) is 0 Å². The summed E-state index contributed by atoms with van der Waals surface area (Å²) in [4.78, 5) is 19.5. The van der Waals surface area contributed by atoms with Crippen molar-refractivity contribution in [3.63, 3.8) is 0 Å². The molecule has 1 amide bonds. The molecule has 1 saturated heterocycles. The van der Waals surface area contributed by atoms with Crippen LogP contribution in [0.2, 0.25) is 0 Å². The van der Waals surface area contributed by atoms with Crippen molar-refractivity contribution in [1.29, 1.82) is 0 Å². The molecular weight excluding hydrogens is 385 g/mol. The Bertz CT molecular complexity index is 916. The third kappa shape index (κ3) is 4.33. The van der Waals surface area contributed by atoms with Gasteiger partial charge < -0.3 is 19.6 Å². The van der Waals surface area contributed by atoms with E-state index in [2.05, 4.69) is 15.0 Å². The number of aromatic nitrogens is 1. The van der Waals surface area contributed by atoms with Crippen LogP contribution in [0.15, 0.2) is 41.8 Å². The molecule has 2 aliphatic heterocycles. The molecular formula is C22H28FN5O2. The smallest absolute Gasteiger partial charge is 0.256 e. The van der Waals surface area contributed by atoms with Crippen LogP contribution in [-0.2, 0) is 7.05 Å². The number of rotatable bonds is 5. The van der Waals surface area contributed by atoms with Gasteiger partial charge in [-0.2, -0.15) is 0 Å². The maximum absolute atomic E-state index is 13.1. The maximum atomic E-state index is 13.1. The molecule has 1 aromatic carbocycles. The van der Waals surface area contributed by atoms with Crippen molar-refractivity contribution in [2.75, 3.05) is 50.7 Å². The molecule has 1 fully saturated rings. The zero-order valence-corrected chi connectivity index (χ0v) is 17.3. The average molecular weight is 413 g/mol. The quantitative estimate of drug-likeness (QED) is 0.604. The standard InChI is InChI=1S/C22H28FN5O2/c1-25-15-19-20(16-25)22(29)28(10-7-21(19)24-30)9-2-8-26-11-13-27(14-12-26)18-5-3-17(23)4-6-18/h3-6,15-16,30H,2,7-14H2,1H3/b24-21-. The van der Waals surface area contributed by atoms with E-state index in [1.54, 1.807) is 6.20 Å². The highest BCUT2D eigenvalue weighted by Gasteiger charge is 2.27. The van der Waals surface area contributed by atoms with E-state index in [9.17, 15) is 14.4 Å². The lowest BCUT2D eigenvalue weighted by atomic mass is 10.1. The Morgan fingerprint density at radius 2 is 1.70 bits per heavy atom. The predicted octanol–water partition coefficient (Wildman–Crippen LogP) is 2.40. The monoisotopic (exact) mass is 413 g/mol. The molecule has 0 spiro atoms. The SMILES string of the molecule is Cn1cc2c(c1)/C(=N\O)CCN(CCCN1CCN(c3ccc(F)cc3)CC1)C2=O. The molecule has 0 aliphatic carbocycles. The zero-order chi connectivity index (χ0) is 21.1. The molecule has 0 atom stereocenters. The van der Waals surface area contributed by atoms with Crippen molar-refractivity contribution in [2.24, 2.45) is 12.2 Å². The summed E-state index contributed by atoms with van der Waals surface area (Å²) in [7, 11) is 1.87. The molecule has 3 heterocycles. The van der Waals surface area contributed by atoms with Crippen LogP contribution >= 0.6 is 0 Å². The predicted molar refractivity (Wildman–Crippen MR) is 114 cm³/mol. The first-order chi connectivity index (χ1) is 14.5. The van der Waals surface area contributed by atoms with Gasteiger partial charge in [0, 0.05) is 76.4 Å². The molecule has 0 bridgehead atoms. The van der Waals surface area contributed by atoms with E-state index in [-0.39, 0.29) is 11.7 Å². The van der Waals surface area contributed by atoms with Gasteiger partial charge in [-0.05, 0) is 37.2 Å². The molecule has 160 valence electrons. The summed E-state index contributed by atoms with van der Waals surface area (Å²) in [6.45, 7) is 5.92. The Kier molecular flexibility index (Phi) is 6.03. The van der Waals surface area contributed by atoms with E-state index in [1.165, 1.54) is 12.1 Å². The molecule has 2 aliphatic rings. The fourth-order valence-corrected chi connectivity index (χ4v) is 4.32. The lowest BCUT2D eigenvalue weighted by Crippen LogP contribution is -2.47. The van der Waals surface area contributed by atoms with Crippen molar-refractivity contribution in [2.45, 2.75) is 12.8 Å². The van der Waals surface area contributed by atoms with Crippen LogP contribution in [0.25, 0.3) is 0 Å². The summed E-state index contributed by atoms with van der Waals surface area (Å²) in [6, 6.07) is 6.67. The third-order valence-electron chi connectivity index (χ3n) is 5.99. The molecule has 0 saturated carbocycles. The number of oxime groups is 1. The first-order valence-corrected chi connectivity index (χ1v) is 10.4. The number of carbonyl (C=O) groups excluding carboxylic acids is 1. The van der Waals surface area contributed by atoms with Gasteiger partial charge in [-0.1, -0.05) is 5.16 Å². The zero-order valence-electron chi connectivity index (χ0n) is 17.3. The second-order valence-electron chi connectivity index (χ2n) is 8.00. The van der Waals surface area contributed by atoms with Crippen LogP contribution < -0.4 is 4.90 Å². The minimum Gasteiger partial charge on any atom is -0.411 e. The lowest BCUT2D eigenvalue weighted by Gasteiger charge is -2.36. The van der Waals surface area contributed by atoms with Gasteiger partial charge >= 0.3 is 0 Å². The highest BCUT2D eigenvalue weighted by molar-refractivity contribution is 6.11. The lowest BCUT2D eigenvalue weighted by molar-refractivity contribution is 0.0755. The van der Waals surface area contributed by atoms with Crippen LogP contribution in [0.3, 0.4) is 0 Å². The van der Waals surface area contributed by atoms with Crippen LogP contribution in [0, 0.1) is 5.82 Å². The van der Waals surface area contributed by atoms with Crippen molar-refractivity contribution in [3.05, 3.63) is 53.6 Å². The number of hydrogen-bond donors (Lipinski definition) is 1. The second kappa shape index (κ2) is 8.87. The number of nitrogens with zero attached hydrogens (tertiary/aromatic N) is 5. The van der Waals surface area contributed by atoms with E-state index >= 15 is 0 Å². The number of hydrogen-bond acceptors (Lipinski definition) is 5. The van der Waals surface area contributed by atoms with Crippen LogP contribution in [-0.4, -0.2) is 77.0 Å². The Hall–Kier alpha value is -2.87. The van der Waals surface area contributed by atoms with Crippen molar-refractivity contribution in [1.82, 2.24) is 14.4 Å². The summed E-state index contributed by atoms with van der Waals surface area (Å²) in [6.07, 6.45) is 5.09. The first kappa shape index (κ1) is 20.4. The van der Waals surface area contributed by atoms with Gasteiger partial charge in [0.1, 0.15) is 5.82 Å². The number of aryl methyl sites for hydroxylation is 1. The van der Waals surface area contributed by atoms with Crippen LogP contribution in [0.4, 0.5) is 10.1 Å². The number of benzene rings is 1. The number of anilines is 1. The summed E-state index contributed by atoms with van der Waals surface area (Å²) in [5.74, 6) is -0.203. The molecule has 2 aromatic rings. The van der Waals surface area contributed by atoms with Gasteiger partial charge in [0.2, 0.25) is 0 Å². The number of amides is 1. The summed E-state index contributed by atoms with van der Waals surface area (Å²) in [5, 5.41) is 12.7. The number of carbonyl (C=O) groups is 1. The van der Waals surface area contributed by atoms with Gasteiger partial charge in [0.15, 0.2) is 0 Å².